The SMILES string of the molecule is CCCCCCCCCCCCO[C@@H]1O[C@H](CO)[C@@H](O[C@@H]2O[C@H](CO)[C@H](O)[C@H](O[C@]3(C(=O)O)C[C@H](O)[C@@H](NC(C)=O)[C@@H](C(O)[C@H](O)CO)O3)[C@H]2O)[C@H](O[C@@H]2O[C@H](C)[C@@H](O)[C@@H](O)[C@@H]2O)[C@H]1NC(=O)c1ccc2ccccc2c1. The van der Waals surface area contributed by atoms with Gasteiger partial charge < -0.3 is 110 Å². The Hall–Kier alpha value is -3.65. The van der Waals surface area contributed by atoms with Crippen molar-refractivity contribution in [2.75, 3.05) is 26.4 Å². The second kappa shape index (κ2) is 29.2. The lowest BCUT2D eigenvalue weighted by atomic mass is 9.88. The predicted molar refractivity (Wildman–Crippen MR) is 266 cm³/mol. The number of hydrogen-bond donors (Lipinski definition) is 14. The van der Waals surface area contributed by atoms with Gasteiger partial charge in [-0.25, -0.2) is 4.79 Å². The Morgan fingerprint density at radius 1 is 0.688 bits per heavy atom. The van der Waals surface area contributed by atoms with Gasteiger partial charge in [0.15, 0.2) is 18.9 Å². The normalized spacial score (nSPS) is 36.5. The lowest BCUT2D eigenvalue weighted by Crippen LogP contribution is -2.71. The van der Waals surface area contributed by atoms with Crippen molar-refractivity contribution in [3.05, 3.63) is 48.0 Å². The van der Waals surface area contributed by atoms with Crippen molar-refractivity contribution >= 4 is 28.6 Å². The monoisotopic (exact) mass is 1100 g/mol. The van der Waals surface area contributed by atoms with Gasteiger partial charge in [0.1, 0.15) is 85.4 Å². The molecule has 4 saturated heterocycles. The zero-order chi connectivity index (χ0) is 56.1. The molecule has 4 heterocycles. The van der Waals surface area contributed by atoms with Gasteiger partial charge in [0.2, 0.25) is 5.91 Å². The summed E-state index contributed by atoms with van der Waals surface area (Å²) in [7, 11) is 0. The van der Waals surface area contributed by atoms with E-state index in [1.807, 2.05) is 12.1 Å². The number of unbranched alkanes of at least 4 members (excludes halogenated alkanes) is 9. The predicted octanol–water partition coefficient (Wildman–Crippen LogP) is -1.84. The number of fused-ring (bicyclic) bond motifs is 1. The summed E-state index contributed by atoms with van der Waals surface area (Å²) in [5, 5.41) is 138. The van der Waals surface area contributed by atoms with Gasteiger partial charge in [-0.3, -0.25) is 9.59 Å². The maximum Gasteiger partial charge on any atom is 0.364 e. The Balaban J connectivity index is 1.34. The highest BCUT2D eigenvalue weighted by molar-refractivity contribution is 5.98. The number of ether oxygens (including phenoxy) is 8. The van der Waals surface area contributed by atoms with E-state index in [1.165, 1.54) is 26.2 Å². The van der Waals surface area contributed by atoms with Crippen molar-refractivity contribution in [2.24, 2.45) is 0 Å². The summed E-state index contributed by atoms with van der Waals surface area (Å²) in [4.78, 5) is 39.8. The Bertz CT molecular complexity index is 2160. The second-order valence-electron chi connectivity index (χ2n) is 20.4. The van der Waals surface area contributed by atoms with E-state index >= 15 is 0 Å². The minimum absolute atomic E-state index is 0.0778. The van der Waals surface area contributed by atoms with Gasteiger partial charge >= 0.3 is 5.97 Å². The summed E-state index contributed by atoms with van der Waals surface area (Å²) < 4.78 is 48.9. The third-order valence-corrected chi connectivity index (χ3v) is 14.6. The van der Waals surface area contributed by atoms with E-state index in [4.69, 9.17) is 37.9 Å². The number of carbonyl (C=O) groups excluding carboxylic acids is 2. The molecule has 2 aromatic rings. The molecule has 25 heteroatoms. The zero-order valence-corrected chi connectivity index (χ0v) is 43.6. The van der Waals surface area contributed by atoms with Crippen LogP contribution in [0.25, 0.3) is 10.8 Å². The second-order valence-corrected chi connectivity index (χ2v) is 20.4. The molecule has 4 aliphatic rings. The Kier molecular flexibility index (Phi) is 23.7. The molecule has 25 nitrogen and oxygen atoms in total. The Morgan fingerprint density at radius 3 is 1.92 bits per heavy atom. The minimum atomic E-state index is -3.13. The van der Waals surface area contributed by atoms with E-state index < -0.39 is 172 Å². The molecule has 2 aromatic carbocycles. The van der Waals surface area contributed by atoms with Crippen LogP contribution in [0.3, 0.4) is 0 Å². The Labute approximate surface area is 445 Å². The molecule has 0 aromatic heterocycles. The van der Waals surface area contributed by atoms with Crippen LogP contribution in [0.15, 0.2) is 42.5 Å². The van der Waals surface area contributed by atoms with Gasteiger partial charge in [0.25, 0.3) is 11.7 Å². The number of carboxylic acid groups (broad SMARTS) is 1. The van der Waals surface area contributed by atoms with Crippen molar-refractivity contribution < 1.29 is 114 Å². The number of carbonyl (C=O) groups is 3. The van der Waals surface area contributed by atoms with Crippen LogP contribution in [0.2, 0.25) is 0 Å². The van der Waals surface area contributed by atoms with Gasteiger partial charge in [-0.2, -0.15) is 0 Å². The number of aliphatic hydroxyl groups excluding tert-OH is 11. The van der Waals surface area contributed by atoms with Crippen LogP contribution >= 0.6 is 0 Å². The van der Waals surface area contributed by atoms with Crippen LogP contribution in [0, 0.1) is 0 Å². The standard InChI is InChI=1S/C52H80N2O23/c1-4-5-6-7-8-9-10-11-12-15-20-70-48-36(54-47(67)30-19-18-28-16-13-14-17-29(28)21-30)45(75-49-41(65)40(64)37(61)26(2)71-49)43(34(25-57)73-48)74-50-42(66)46(39(63)33(24-56)72-50)77-52(51(68)69)22-31(59)35(53-27(3)58)44(76-52)38(62)32(60)23-55/h13-14,16-19,21,26,31-46,48-50,55-57,59-66H,4-12,15,20,22-25H2,1-3H3,(H,53,58)(H,54,67)(H,68,69)/t26-,31+,32-,33-,34-,35-,36-,37-,38?,39+,40-,41+,42-,43-,44+,45-,46+,48-,49+,50+,52+/m1/s1. The quantitative estimate of drug-likeness (QED) is 0.0437. The summed E-state index contributed by atoms with van der Waals surface area (Å²) in [5.74, 6) is -6.61. The number of hydrogen-bond acceptors (Lipinski definition) is 22. The zero-order valence-electron chi connectivity index (χ0n) is 43.6. The molecule has 77 heavy (non-hydrogen) atoms. The average molecular weight is 1100 g/mol. The summed E-state index contributed by atoms with van der Waals surface area (Å²) >= 11 is 0. The largest absolute Gasteiger partial charge is 0.477 e. The van der Waals surface area contributed by atoms with E-state index in [2.05, 4.69) is 17.6 Å². The number of benzene rings is 2. The third-order valence-electron chi connectivity index (χ3n) is 14.6. The van der Waals surface area contributed by atoms with Crippen LogP contribution in [-0.2, 0) is 47.5 Å². The maximum atomic E-state index is 14.5. The molecule has 4 fully saturated rings. The van der Waals surface area contributed by atoms with Gasteiger partial charge in [-0.1, -0.05) is 95.0 Å². The lowest BCUT2D eigenvalue weighted by molar-refractivity contribution is -0.391. The van der Waals surface area contributed by atoms with Crippen molar-refractivity contribution in [3.63, 3.8) is 0 Å². The van der Waals surface area contributed by atoms with E-state index in [1.54, 1.807) is 30.3 Å². The first kappa shape index (κ1) is 62.5. The molecule has 0 spiro atoms. The highest BCUT2D eigenvalue weighted by Gasteiger charge is 2.61. The fourth-order valence-electron chi connectivity index (χ4n) is 10.2. The van der Waals surface area contributed by atoms with Crippen LogP contribution < -0.4 is 10.6 Å². The molecule has 0 radical (unpaired) electrons. The van der Waals surface area contributed by atoms with Crippen molar-refractivity contribution in [3.8, 4) is 0 Å². The van der Waals surface area contributed by atoms with Crippen molar-refractivity contribution in [1.82, 2.24) is 10.6 Å². The number of amides is 2. The van der Waals surface area contributed by atoms with Crippen LogP contribution in [0.4, 0.5) is 0 Å². The van der Waals surface area contributed by atoms with E-state index in [0.717, 1.165) is 50.8 Å². The van der Waals surface area contributed by atoms with E-state index in [0.29, 0.717) is 11.8 Å². The average Bonchev–Trinajstić information content (AvgIpc) is 3.44. The fourth-order valence-corrected chi connectivity index (χ4v) is 10.2. The molecule has 0 aliphatic carbocycles. The fraction of sp³-hybridized carbons (Fsp3) is 0.750. The van der Waals surface area contributed by atoms with Crippen molar-refractivity contribution in [1.29, 1.82) is 0 Å². The van der Waals surface area contributed by atoms with Gasteiger partial charge in [-0.05, 0) is 36.2 Å². The number of nitrogens with one attached hydrogen (secondary N) is 2. The molecule has 6 rings (SSSR count). The molecule has 1 unspecified atom stereocenters. The first-order chi connectivity index (χ1) is 36.8. The minimum Gasteiger partial charge on any atom is -0.477 e. The number of carboxylic acids is 1. The van der Waals surface area contributed by atoms with Gasteiger partial charge in [0, 0.05) is 25.5 Å². The first-order valence-corrected chi connectivity index (χ1v) is 26.6. The van der Waals surface area contributed by atoms with Gasteiger partial charge in [-0.15, -0.1) is 0 Å². The van der Waals surface area contributed by atoms with E-state index in [9.17, 15) is 75.7 Å². The number of rotatable bonds is 27. The van der Waals surface area contributed by atoms with Crippen LogP contribution in [-0.4, -0.2) is 234 Å². The van der Waals surface area contributed by atoms with E-state index in [-0.39, 0.29) is 12.2 Å². The highest BCUT2D eigenvalue weighted by atomic mass is 16.8. The molecule has 14 N–H and O–H groups in total. The summed E-state index contributed by atoms with van der Waals surface area (Å²) in [6.07, 6.45) is -24.4. The van der Waals surface area contributed by atoms with Crippen LogP contribution in [0.1, 0.15) is 102 Å². The first-order valence-electron chi connectivity index (χ1n) is 26.6. The molecule has 21 atom stereocenters. The summed E-state index contributed by atoms with van der Waals surface area (Å²) in [6.45, 7) is 1.65. The molecule has 0 bridgehead atoms. The number of aliphatic carboxylic acids is 1. The van der Waals surface area contributed by atoms with Crippen molar-refractivity contribution in [2.45, 2.75) is 220 Å². The topological polar surface area (TPSA) is 392 Å². The molecular weight excluding hydrogens is 1020 g/mol. The smallest absolute Gasteiger partial charge is 0.364 e. The maximum absolute atomic E-state index is 14.5. The number of aliphatic hydroxyl groups is 11. The Morgan fingerprint density at radius 2 is 1.30 bits per heavy atom. The van der Waals surface area contributed by atoms with Gasteiger partial charge in [0.05, 0.1) is 38.1 Å². The molecule has 436 valence electrons. The lowest BCUT2D eigenvalue weighted by Gasteiger charge is -2.51. The molecular formula is C52H80N2O23. The summed E-state index contributed by atoms with van der Waals surface area (Å²) in [5.41, 5.74) is 0.163. The third kappa shape index (κ3) is 15.4. The van der Waals surface area contributed by atoms with Crippen LogP contribution in [0.5, 0.6) is 0 Å². The molecule has 2 amide bonds. The molecule has 4 aliphatic heterocycles. The highest BCUT2D eigenvalue weighted by Crippen LogP contribution is 2.39. The summed E-state index contributed by atoms with van der Waals surface area (Å²) in [6, 6.07) is 9.10. The molecule has 0 saturated carbocycles.